The molecular formula is C17H30N4O4S. The van der Waals surface area contributed by atoms with Crippen LogP contribution < -0.4 is 0 Å². The number of carbonyl (C=O) groups excluding carboxylic acids is 2. The van der Waals surface area contributed by atoms with Crippen LogP contribution in [-0.2, 0) is 14.8 Å². The van der Waals surface area contributed by atoms with Gasteiger partial charge in [-0.15, -0.1) is 0 Å². The molecule has 0 aromatic heterocycles. The summed E-state index contributed by atoms with van der Waals surface area (Å²) in [5.41, 5.74) is -0.904. The van der Waals surface area contributed by atoms with E-state index in [2.05, 4.69) is 0 Å². The maximum Gasteiger partial charge on any atom is 0.319 e. The molecule has 8 nitrogen and oxygen atoms in total. The van der Waals surface area contributed by atoms with E-state index in [1.54, 1.807) is 23.9 Å². The van der Waals surface area contributed by atoms with E-state index in [-0.39, 0.29) is 17.4 Å². The van der Waals surface area contributed by atoms with Crippen LogP contribution in [0, 0.1) is 10.8 Å². The van der Waals surface area contributed by atoms with E-state index in [1.807, 2.05) is 11.8 Å². The molecule has 9 heteroatoms. The molecule has 0 saturated carbocycles. The maximum absolute atomic E-state index is 13.3. The molecule has 1 atom stereocenters. The van der Waals surface area contributed by atoms with Crippen molar-refractivity contribution in [2.45, 2.75) is 26.2 Å². The Kier molecular flexibility index (Phi) is 4.75. The lowest BCUT2D eigenvalue weighted by atomic mass is 9.60. The van der Waals surface area contributed by atoms with Crippen molar-refractivity contribution in [2.24, 2.45) is 10.8 Å². The Bertz CT molecular complexity index is 700. The second kappa shape index (κ2) is 6.37. The van der Waals surface area contributed by atoms with Crippen molar-refractivity contribution in [3.05, 3.63) is 0 Å². The van der Waals surface area contributed by atoms with Gasteiger partial charge in [-0.3, -0.25) is 4.79 Å². The number of urea groups is 1. The van der Waals surface area contributed by atoms with Gasteiger partial charge in [-0.2, -0.15) is 0 Å². The predicted octanol–water partition coefficient (Wildman–Crippen LogP) is 0.264. The van der Waals surface area contributed by atoms with Gasteiger partial charge in [0.1, 0.15) is 0 Å². The number of hydrogen-bond acceptors (Lipinski definition) is 4. The first kappa shape index (κ1) is 19.4. The van der Waals surface area contributed by atoms with E-state index < -0.39 is 15.4 Å². The maximum atomic E-state index is 13.3. The molecule has 0 aromatic rings. The lowest BCUT2D eigenvalue weighted by Gasteiger charge is -2.46. The summed E-state index contributed by atoms with van der Waals surface area (Å²) in [7, 11) is 0.216. The first-order chi connectivity index (χ1) is 12.1. The van der Waals surface area contributed by atoms with Gasteiger partial charge in [-0.1, -0.05) is 0 Å². The van der Waals surface area contributed by atoms with Crippen molar-refractivity contribution in [3.63, 3.8) is 0 Å². The fraction of sp³-hybridized carbons (Fsp3) is 0.882. The molecule has 3 saturated heterocycles. The Morgan fingerprint density at radius 3 is 2.19 bits per heavy atom. The predicted molar refractivity (Wildman–Crippen MR) is 98.0 cm³/mol. The van der Waals surface area contributed by atoms with Crippen LogP contribution in [0.1, 0.15) is 26.2 Å². The number of hydrogen-bond donors (Lipinski definition) is 0. The number of likely N-dealkylation sites (tertiary alicyclic amines) is 2. The van der Waals surface area contributed by atoms with Crippen molar-refractivity contribution in [1.82, 2.24) is 19.0 Å². The Labute approximate surface area is 156 Å². The molecular weight excluding hydrogens is 356 g/mol. The molecule has 3 heterocycles. The second-order valence-corrected chi connectivity index (χ2v) is 10.2. The smallest absolute Gasteiger partial charge is 0.319 e. The molecule has 3 amide bonds. The molecule has 26 heavy (non-hydrogen) atoms. The summed E-state index contributed by atoms with van der Waals surface area (Å²) in [5, 5.41) is 0. The third-order valence-electron chi connectivity index (χ3n) is 6.66. The summed E-state index contributed by atoms with van der Waals surface area (Å²) in [6, 6.07) is -0.0745. The summed E-state index contributed by atoms with van der Waals surface area (Å²) >= 11 is 0. The number of fused-ring (bicyclic) bond motifs is 1. The van der Waals surface area contributed by atoms with Crippen LogP contribution in [0.25, 0.3) is 0 Å². The van der Waals surface area contributed by atoms with E-state index in [0.717, 1.165) is 13.0 Å². The van der Waals surface area contributed by atoms with E-state index in [0.29, 0.717) is 45.6 Å². The van der Waals surface area contributed by atoms with Gasteiger partial charge < -0.3 is 14.7 Å². The molecule has 3 fully saturated rings. The molecule has 0 bridgehead atoms. The molecule has 0 aliphatic carbocycles. The summed E-state index contributed by atoms with van der Waals surface area (Å²) < 4.78 is 25.3. The first-order valence-corrected chi connectivity index (χ1v) is 11.1. The quantitative estimate of drug-likeness (QED) is 0.682. The number of piperidine rings is 1. The van der Waals surface area contributed by atoms with E-state index in [4.69, 9.17) is 0 Å². The van der Waals surface area contributed by atoms with Crippen LogP contribution in [0.3, 0.4) is 0 Å². The van der Waals surface area contributed by atoms with Crippen molar-refractivity contribution in [1.29, 1.82) is 0 Å². The summed E-state index contributed by atoms with van der Waals surface area (Å²) in [6.07, 6.45) is 3.23. The fourth-order valence-corrected chi connectivity index (χ4v) is 5.99. The molecule has 3 rings (SSSR count). The van der Waals surface area contributed by atoms with E-state index >= 15 is 0 Å². The average molecular weight is 387 g/mol. The monoisotopic (exact) mass is 386 g/mol. The molecule has 2 spiro atoms. The lowest BCUT2D eigenvalue weighted by molar-refractivity contribution is -0.141. The Morgan fingerprint density at radius 2 is 1.73 bits per heavy atom. The fourth-order valence-electron chi connectivity index (χ4n) is 5.14. The number of nitrogens with zero attached hydrogens (tertiary/aromatic N) is 4. The van der Waals surface area contributed by atoms with Gasteiger partial charge in [0.25, 0.3) is 0 Å². The minimum absolute atomic E-state index is 0.0745. The SMILES string of the molecule is CCN1CC[C@@]2(CN(C(=O)N(C)C)CC23CCN(S(C)(=O)=O)CC3)C1=O. The van der Waals surface area contributed by atoms with Crippen LogP contribution in [0.15, 0.2) is 0 Å². The normalized spacial score (nSPS) is 29.2. The van der Waals surface area contributed by atoms with Crippen LogP contribution >= 0.6 is 0 Å². The van der Waals surface area contributed by atoms with Gasteiger partial charge in [-0.05, 0) is 26.2 Å². The minimum atomic E-state index is -3.23. The van der Waals surface area contributed by atoms with Crippen LogP contribution in [0.4, 0.5) is 4.79 Å². The Balaban J connectivity index is 1.93. The van der Waals surface area contributed by atoms with Crippen LogP contribution in [0.2, 0.25) is 0 Å². The highest BCUT2D eigenvalue weighted by Gasteiger charge is 2.66. The third kappa shape index (κ3) is 2.79. The number of sulfonamides is 1. The molecule has 3 aliphatic rings. The highest BCUT2D eigenvalue weighted by atomic mass is 32.2. The molecule has 0 aromatic carbocycles. The molecule has 0 N–H and O–H groups in total. The zero-order valence-electron chi connectivity index (χ0n) is 16.2. The zero-order chi connectivity index (χ0) is 19.3. The first-order valence-electron chi connectivity index (χ1n) is 9.27. The van der Waals surface area contributed by atoms with Crippen LogP contribution in [-0.4, -0.2) is 99.0 Å². The third-order valence-corrected chi connectivity index (χ3v) is 7.96. The number of amides is 3. The van der Waals surface area contributed by atoms with E-state index in [1.165, 1.54) is 10.6 Å². The summed E-state index contributed by atoms with van der Waals surface area (Å²) in [6.45, 7) is 5.19. The lowest BCUT2D eigenvalue weighted by Crippen LogP contribution is -2.53. The standard InChI is InChI=1S/C17H30N4O4S/c1-5-19-9-8-17(14(19)22)13-20(15(23)18(2)3)12-16(17)6-10-21(11-7-16)26(4,24)25/h5-13H2,1-4H3/t17-/m1/s1. The van der Waals surface area contributed by atoms with Gasteiger partial charge >= 0.3 is 6.03 Å². The highest BCUT2D eigenvalue weighted by molar-refractivity contribution is 7.88. The topological polar surface area (TPSA) is 81.2 Å². The van der Waals surface area contributed by atoms with Crippen molar-refractivity contribution < 1.29 is 18.0 Å². The summed E-state index contributed by atoms with van der Waals surface area (Å²) in [5.74, 6) is 0.141. The zero-order valence-corrected chi connectivity index (χ0v) is 17.0. The van der Waals surface area contributed by atoms with Gasteiger partial charge in [0.15, 0.2) is 0 Å². The van der Waals surface area contributed by atoms with Gasteiger partial charge in [-0.25, -0.2) is 17.5 Å². The molecule has 148 valence electrons. The molecule has 0 radical (unpaired) electrons. The van der Waals surface area contributed by atoms with Crippen molar-refractivity contribution in [3.8, 4) is 0 Å². The summed E-state index contributed by atoms with van der Waals surface area (Å²) in [4.78, 5) is 31.1. The van der Waals surface area contributed by atoms with Crippen LogP contribution in [0.5, 0.6) is 0 Å². The van der Waals surface area contributed by atoms with Crippen molar-refractivity contribution in [2.75, 3.05) is 59.6 Å². The Morgan fingerprint density at radius 1 is 1.12 bits per heavy atom. The number of rotatable bonds is 2. The molecule has 0 unspecified atom stereocenters. The van der Waals surface area contributed by atoms with E-state index in [9.17, 15) is 18.0 Å². The average Bonchev–Trinajstić information content (AvgIpc) is 3.06. The number of carbonyl (C=O) groups is 2. The molecule has 3 aliphatic heterocycles. The van der Waals surface area contributed by atoms with Gasteiger partial charge in [0.05, 0.1) is 11.7 Å². The Hall–Kier alpha value is -1.35. The largest absolute Gasteiger partial charge is 0.342 e. The van der Waals surface area contributed by atoms with Crippen molar-refractivity contribution >= 4 is 22.0 Å². The minimum Gasteiger partial charge on any atom is -0.342 e. The second-order valence-electron chi connectivity index (χ2n) is 8.19. The highest BCUT2D eigenvalue weighted by Crippen LogP contribution is 2.58. The van der Waals surface area contributed by atoms with Gasteiger partial charge in [0, 0.05) is 58.8 Å². The van der Waals surface area contributed by atoms with Gasteiger partial charge in [0.2, 0.25) is 15.9 Å².